The summed E-state index contributed by atoms with van der Waals surface area (Å²) in [5, 5.41) is 9.94. The first-order chi connectivity index (χ1) is 7.52. The Kier molecular flexibility index (Phi) is 4.02. The van der Waals surface area contributed by atoms with Crippen molar-refractivity contribution < 1.29 is 19.4 Å². The predicted molar refractivity (Wildman–Crippen MR) is 59.8 cm³/mol. The molecule has 16 heavy (non-hydrogen) atoms. The van der Waals surface area contributed by atoms with E-state index in [1.165, 1.54) is 20.3 Å². The maximum absolute atomic E-state index is 11.5. The zero-order valence-corrected chi connectivity index (χ0v) is 10.1. The van der Waals surface area contributed by atoms with Crippen LogP contribution in [0.3, 0.4) is 0 Å². The molecule has 0 saturated carbocycles. The van der Waals surface area contributed by atoms with Crippen LogP contribution in [0.1, 0.15) is 13.8 Å². The molecular formula is C12H18O4. The van der Waals surface area contributed by atoms with Crippen molar-refractivity contribution in [1.82, 2.24) is 0 Å². The highest BCUT2D eigenvalue weighted by molar-refractivity contribution is 5.95. The van der Waals surface area contributed by atoms with Gasteiger partial charge < -0.3 is 14.6 Å². The van der Waals surface area contributed by atoms with Gasteiger partial charge in [-0.05, 0) is 26.0 Å². The van der Waals surface area contributed by atoms with Gasteiger partial charge >= 0.3 is 0 Å². The summed E-state index contributed by atoms with van der Waals surface area (Å²) in [4.78, 5) is 11.5. The molecule has 0 aliphatic heterocycles. The highest BCUT2D eigenvalue weighted by Gasteiger charge is 2.47. The van der Waals surface area contributed by atoms with Gasteiger partial charge in [-0.25, -0.2) is 0 Å². The van der Waals surface area contributed by atoms with Crippen LogP contribution in [0.15, 0.2) is 23.8 Å². The van der Waals surface area contributed by atoms with Gasteiger partial charge in [0, 0.05) is 14.2 Å². The van der Waals surface area contributed by atoms with Gasteiger partial charge in [0.05, 0.1) is 5.92 Å². The maximum Gasteiger partial charge on any atom is 0.197 e. The van der Waals surface area contributed by atoms with E-state index in [4.69, 9.17) is 9.47 Å². The first-order valence-electron chi connectivity index (χ1n) is 5.16. The molecule has 1 aliphatic rings. The van der Waals surface area contributed by atoms with Crippen LogP contribution in [0.5, 0.6) is 0 Å². The van der Waals surface area contributed by atoms with Gasteiger partial charge in [0.15, 0.2) is 11.6 Å². The molecule has 0 aromatic carbocycles. The zero-order chi connectivity index (χ0) is 12.3. The second-order valence-corrected chi connectivity index (χ2v) is 3.82. The molecule has 0 radical (unpaired) electrons. The summed E-state index contributed by atoms with van der Waals surface area (Å²) in [5.74, 6) is -1.90. The van der Waals surface area contributed by atoms with Gasteiger partial charge in [0.1, 0.15) is 6.10 Å². The van der Waals surface area contributed by atoms with Gasteiger partial charge in [0.2, 0.25) is 0 Å². The zero-order valence-electron chi connectivity index (χ0n) is 10.1. The standard InChI is InChI=1S/C12H18O4/c1-5-8(2)10-11(14)9(13)6-7-12(10,15-3)16-4/h5-7,10-11,14H,1-4H3. The molecule has 1 N–H and O–H groups in total. The molecule has 0 fully saturated rings. The van der Waals surface area contributed by atoms with E-state index in [1.807, 2.05) is 19.9 Å². The number of ketones is 1. The van der Waals surface area contributed by atoms with Crippen LogP contribution in [0.25, 0.3) is 0 Å². The monoisotopic (exact) mass is 226 g/mol. The summed E-state index contributed by atoms with van der Waals surface area (Å²) in [6.07, 6.45) is 3.57. The molecule has 2 unspecified atom stereocenters. The number of carbonyl (C=O) groups excluding carboxylic acids is 1. The molecule has 4 nitrogen and oxygen atoms in total. The van der Waals surface area contributed by atoms with Crippen molar-refractivity contribution in [2.24, 2.45) is 5.92 Å². The van der Waals surface area contributed by atoms with Gasteiger partial charge in [0.25, 0.3) is 0 Å². The Balaban J connectivity index is 3.24. The molecular weight excluding hydrogens is 208 g/mol. The molecule has 2 atom stereocenters. The fourth-order valence-electron chi connectivity index (χ4n) is 2.00. The summed E-state index contributed by atoms with van der Waals surface area (Å²) in [6.45, 7) is 3.69. The lowest BCUT2D eigenvalue weighted by atomic mass is 9.80. The maximum atomic E-state index is 11.5. The Labute approximate surface area is 95.6 Å². The van der Waals surface area contributed by atoms with E-state index in [2.05, 4.69) is 0 Å². The Morgan fingerprint density at radius 2 is 2.06 bits per heavy atom. The summed E-state index contributed by atoms with van der Waals surface area (Å²) in [5.41, 5.74) is 0.855. The normalized spacial score (nSPS) is 29.6. The minimum Gasteiger partial charge on any atom is -0.384 e. The molecule has 0 saturated heterocycles. The number of aliphatic hydroxyl groups is 1. The summed E-state index contributed by atoms with van der Waals surface area (Å²) in [7, 11) is 2.98. The van der Waals surface area contributed by atoms with E-state index in [0.29, 0.717) is 0 Å². The second kappa shape index (κ2) is 4.91. The number of hydrogen-bond donors (Lipinski definition) is 1. The topological polar surface area (TPSA) is 55.8 Å². The van der Waals surface area contributed by atoms with Crippen molar-refractivity contribution in [3.63, 3.8) is 0 Å². The van der Waals surface area contributed by atoms with E-state index < -0.39 is 17.8 Å². The molecule has 0 spiro atoms. The average Bonchev–Trinajstić information content (AvgIpc) is 2.32. The third-order valence-electron chi connectivity index (χ3n) is 3.10. The SMILES string of the molecule is CC=C(C)C1C(O)C(=O)C=CC1(OC)OC. The number of allylic oxidation sites excluding steroid dienone is 1. The van der Waals surface area contributed by atoms with Crippen molar-refractivity contribution in [2.45, 2.75) is 25.7 Å². The summed E-state index contributed by atoms with van der Waals surface area (Å²) in [6, 6.07) is 0. The van der Waals surface area contributed by atoms with Crippen molar-refractivity contribution in [1.29, 1.82) is 0 Å². The Morgan fingerprint density at radius 3 is 2.50 bits per heavy atom. The predicted octanol–water partition coefficient (Wildman–Crippen LogP) is 1.06. The minimum atomic E-state index is -1.12. The Hall–Kier alpha value is -0.970. The van der Waals surface area contributed by atoms with Gasteiger partial charge in [-0.15, -0.1) is 0 Å². The van der Waals surface area contributed by atoms with Crippen LogP contribution < -0.4 is 0 Å². The number of rotatable bonds is 3. The molecule has 90 valence electrons. The second-order valence-electron chi connectivity index (χ2n) is 3.82. The summed E-state index contributed by atoms with van der Waals surface area (Å²) < 4.78 is 10.6. The number of hydrogen-bond acceptors (Lipinski definition) is 4. The molecule has 1 aliphatic carbocycles. The van der Waals surface area contributed by atoms with Crippen molar-refractivity contribution in [3.05, 3.63) is 23.8 Å². The molecule has 1 rings (SSSR count). The lowest BCUT2D eigenvalue weighted by Crippen LogP contribution is -2.51. The molecule has 0 aromatic heterocycles. The number of methoxy groups -OCH3 is 2. The molecule has 0 amide bonds. The van der Waals surface area contributed by atoms with Crippen molar-refractivity contribution in [2.75, 3.05) is 14.2 Å². The lowest BCUT2D eigenvalue weighted by Gasteiger charge is -2.40. The van der Waals surface area contributed by atoms with Crippen LogP contribution in [-0.4, -0.2) is 37.0 Å². The van der Waals surface area contributed by atoms with Crippen molar-refractivity contribution >= 4 is 5.78 Å². The van der Waals surface area contributed by atoms with Gasteiger partial charge in [-0.2, -0.15) is 0 Å². The average molecular weight is 226 g/mol. The first-order valence-corrected chi connectivity index (χ1v) is 5.16. The van der Waals surface area contributed by atoms with Crippen LogP contribution in [0, 0.1) is 5.92 Å². The molecule has 4 heteroatoms. The van der Waals surface area contributed by atoms with Crippen LogP contribution in [0.4, 0.5) is 0 Å². The Morgan fingerprint density at radius 1 is 1.50 bits per heavy atom. The smallest absolute Gasteiger partial charge is 0.197 e. The van der Waals surface area contributed by atoms with E-state index in [-0.39, 0.29) is 5.78 Å². The third-order valence-corrected chi connectivity index (χ3v) is 3.10. The van der Waals surface area contributed by atoms with Crippen molar-refractivity contribution in [3.8, 4) is 0 Å². The van der Waals surface area contributed by atoms with E-state index in [0.717, 1.165) is 5.57 Å². The first kappa shape index (κ1) is 13.1. The molecule has 0 heterocycles. The number of ether oxygens (including phenoxy) is 2. The molecule has 0 bridgehead atoms. The fraction of sp³-hybridized carbons (Fsp3) is 0.583. The summed E-state index contributed by atoms with van der Waals surface area (Å²) >= 11 is 0. The molecule has 0 aromatic rings. The van der Waals surface area contributed by atoms with Gasteiger partial charge in [-0.3, -0.25) is 4.79 Å². The van der Waals surface area contributed by atoms with Gasteiger partial charge in [-0.1, -0.05) is 11.6 Å². The number of carbonyl (C=O) groups is 1. The largest absolute Gasteiger partial charge is 0.384 e. The highest BCUT2D eigenvalue weighted by atomic mass is 16.7. The minimum absolute atomic E-state index is 0.323. The van der Waals surface area contributed by atoms with E-state index >= 15 is 0 Å². The van der Waals surface area contributed by atoms with E-state index in [1.54, 1.807) is 6.08 Å². The van der Waals surface area contributed by atoms with Crippen LogP contribution in [-0.2, 0) is 14.3 Å². The lowest BCUT2D eigenvalue weighted by molar-refractivity contribution is -0.216. The highest BCUT2D eigenvalue weighted by Crippen LogP contribution is 2.36. The van der Waals surface area contributed by atoms with Crippen LogP contribution in [0.2, 0.25) is 0 Å². The number of aliphatic hydroxyl groups excluding tert-OH is 1. The van der Waals surface area contributed by atoms with Crippen LogP contribution >= 0.6 is 0 Å². The third kappa shape index (κ3) is 1.96. The Bertz CT molecular complexity index is 326. The quantitative estimate of drug-likeness (QED) is 0.577. The van der Waals surface area contributed by atoms with E-state index in [9.17, 15) is 9.90 Å². The fourth-order valence-corrected chi connectivity index (χ4v) is 2.00.